The number of hydrogen-bond acceptors (Lipinski definition) is 3. The monoisotopic (exact) mass is 320 g/mol. The van der Waals surface area contributed by atoms with Crippen molar-refractivity contribution in [3.63, 3.8) is 0 Å². The second kappa shape index (κ2) is 7.23. The predicted molar refractivity (Wildman–Crippen MR) is 82.4 cm³/mol. The van der Waals surface area contributed by atoms with Crippen molar-refractivity contribution in [3.8, 4) is 11.8 Å². The van der Waals surface area contributed by atoms with E-state index >= 15 is 0 Å². The van der Waals surface area contributed by atoms with Gasteiger partial charge in [-0.2, -0.15) is 0 Å². The normalized spacial score (nSPS) is 10.7. The molecule has 1 aromatic heterocycles. The molecule has 0 bridgehead atoms. The maximum absolute atomic E-state index is 12.0. The third kappa shape index (κ3) is 4.57. The first-order chi connectivity index (χ1) is 10.1. The summed E-state index contributed by atoms with van der Waals surface area (Å²) in [6.07, 6.45) is 2.05. The quantitative estimate of drug-likeness (QED) is 0.695. The van der Waals surface area contributed by atoms with Gasteiger partial charge in [-0.25, -0.2) is 18.1 Å². The van der Waals surface area contributed by atoms with Gasteiger partial charge in [0.05, 0.1) is 5.02 Å². The second-order valence-corrected chi connectivity index (χ2v) is 6.24. The van der Waals surface area contributed by atoms with E-state index in [1.807, 2.05) is 12.1 Å². The number of aromatic nitrogens is 1. The van der Waals surface area contributed by atoms with E-state index in [-0.39, 0.29) is 16.5 Å². The molecule has 0 atom stereocenters. The molecule has 6 heteroatoms. The summed E-state index contributed by atoms with van der Waals surface area (Å²) in [6.45, 7) is 0.216. The molecule has 1 aromatic carbocycles. The topological polar surface area (TPSA) is 59.1 Å². The van der Waals surface area contributed by atoms with E-state index in [4.69, 9.17) is 11.6 Å². The van der Waals surface area contributed by atoms with Crippen LogP contribution in [0.3, 0.4) is 0 Å². The number of sulfonamides is 1. The molecule has 108 valence electrons. The highest BCUT2D eigenvalue weighted by Gasteiger charge is 2.15. The molecule has 0 aliphatic carbocycles. The van der Waals surface area contributed by atoms with Gasteiger partial charge in [-0.15, -0.1) is 0 Å². The van der Waals surface area contributed by atoms with Crippen molar-refractivity contribution in [3.05, 3.63) is 59.4 Å². The van der Waals surface area contributed by atoms with Gasteiger partial charge in [-0.1, -0.05) is 35.7 Å². The van der Waals surface area contributed by atoms with E-state index in [9.17, 15) is 8.42 Å². The van der Waals surface area contributed by atoms with Crippen LogP contribution in [0.2, 0.25) is 5.02 Å². The fourth-order valence-corrected chi connectivity index (χ4v) is 3.13. The maximum atomic E-state index is 12.0. The third-order valence-corrected chi connectivity index (χ3v) is 4.51. The van der Waals surface area contributed by atoms with Crippen LogP contribution in [0.15, 0.2) is 53.6 Å². The summed E-state index contributed by atoms with van der Waals surface area (Å²) in [5, 5.41) is 0.199. The lowest BCUT2D eigenvalue weighted by Crippen LogP contribution is -2.24. The molecule has 0 fully saturated rings. The fraction of sp³-hybridized carbons (Fsp3) is 0.133. The number of pyridine rings is 1. The molecule has 0 saturated carbocycles. The first-order valence-electron chi connectivity index (χ1n) is 6.24. The Balaban J connectivity index is 1.92. The van der Waals surface area contributed by atoms with E-state index in [0.717, 1.165) is 0 Å². The SMILES string of the molecule is O=S(=O)(NCCC#Cc1ccccn1)c1ccccc1Cl. The molecule has 21 heavy (non-hydrogen) atoms. The number of halogens is 1. The number of benzene rings is 1. The Hall–Kier alpha value is -1.87. The van der Waals surface area contributed by atoms with Crippen LogP contribution in [0.5, 0.6) is 0 Å². The molecular weight excluding hydrogens is 308 g/mol. The zero-order valence-corrected chi connectivity index (χ0v) is 12.7. The minimum atomic E-state index is -3.60. The molecule has 0 saturated heterocycles. The van der Waals surface area contributed by atoms with Crippen LogP contribution in [0.4, 0.5) is 0 Å². The summed E-state index contributed by atoms with van der Waals surface area (Å²) < 4.78 is 26.5. The van der Waals surface area contributed by atoms with Crippen LogP contribution in [0.1, 0.15) is 12.1 Å². The van der Waals surface area contributed by atoms with Crippen LogP contribution >= 0.6 is 11.6 Å². The maximum Gasteiger partial charge on any atom is 0.242 e. The van der Waals surface area contributed by atoms with Gasteiger partial charge in [-0.3, -0.25) is 0 Å². The number of rotatable bonds is 4. The second-order valence-electron chi connectivity index (χ2n) is 4.09. The summed E-state index contributed by atoms with van der Waals surface area (Å²) in [4.78, 5) is 4.13. The van der Waals surface area contributed by atoms with E-state index in [1.54, 1.807) is 24.4 Å². The molecule has 0 unspecified atom stereocenters. The third-order valence-electron chi connectivity index (χ3n) is 2.55. The van der Waals surface area contributed by atoms with Crippen LogP contribution in [-0.4, -0.2) is 19.9 Å². The molecule has 1 heterocycles. The molecule has 2 aromatic rings. The first kappa shape index (κ1) is 15.5. The number of nitrogens with zero attached hydrogens (tertiary/aromatic N) is 1. The standard InChI is InChI=1S/C15H13ClN2O2S/c16-14-9-1-2-10-15(14)21(19,20)18-12-6-4-8-13-7-3-5-11-17-13/h1-3,5,7,9-11,18H,6,12H2. The highest BCUT2D eigenvalue weighted by molar-refractivity contribution is 7.89. The van der Waals surface area contributed by atoms with Crippen molar-refractivity contribution in [2.45, 2.75) is 11.3 Å². The van der Waals surface area contributed by atoms with Gasteiger partial charge in [0.2, 0.25) is 10.0 Å². The van der Waals surface area contributed by atoms with Gasteiger partial charge >= 0.3 is 0 Å². The van der Waals surface area contributed by atoms with Crippen molar-refractivity contribution in [1.82, 2.24) is 9.71 Å². The van der Waals surface area contributed by atoms with Gasteiger partial charge in [0.25, 0.3) is 0 Å². The van der Waals surface area contributed by atoms with E-state index in [2.05, 4.69) is 21.5 Å². The van der Waals surface area contributed by atoms with Crippen molar-refractivity contribution in [2.75, 3.05) is 6.54 Å². The Morgan fingerprint density at radius 2 is 1.90 bits per heavy atom. The minimum absolute atomic E-state index is 0.0735. The lowest BCUT2D eigenvalue weighted by Gasteiger charge is -2.06. The van der Waals surface area contributed by atoms with Crippen LogP contribution in [0.25, 0.3) is 0 Å². The fourth-order valence-electron chi connectivity index (χ4n) is 1.58. The molecular formula is C15H13ClN2O2S. The van der Waals surface area contributed by atoms with Gasteiger partial charge < -0.3 is 0 Å². The lowest BCUT2D eigenvalue weighted by molar-refractivity contribution is 0.582. The van der Waals surface area contributed by atoms with Crippen molar-refractivity contribution in [1.29, 1.82) is 0 Å². The van der Waals surface area contributed by atoms with E-state index in [1.165, 1.54) is 12.1 Å². The Kier molecular flexibility index (Phi) is 5.34. The van der Waals surface area contributed by atoms with Gasteiger partial charge in [0.15, 0.2) is 0 Å². The average molecular weight is 321 g/mol. The summed E-state index contributed by atoms with van der Waals surface area (Å²) in [5.41, 5.74) is 0.659. The Bertz CT molecular complexity index is 765. The molecule has 4 nitrogen and oxygen atoms in total. The zero-order valence-electron chi connectivity index (χ0n) is 11.1. The molecule has 0 aliphatic heterocycles. The van der Waals surface area contributed by atoms with Gasteiger partial charge in [0, 0.05) is 19.2 Å². The predicted octanol–water partition coefficient (Wildman–Crippen LogP) is 2.46. The van der Waals surface area contributed by atoms with E-state index in [0.29, 0.717) is 12.1 Å². The Morgan fingerprint density at radius 3 is 2.62 bits per heavy atom. The molecule has 2 rings (SSSR count). The summed E-state index contributed by atoms with van der Waals surface area (Å²) in [6, 6.07) is 11.8. The number of nitrogens with one attached hydrogen (secondary N) is 1. The Morgan fingerprint density at radius 1 is 1.14 bits per heavy atom. The highest BCUT2D eigenvalue weighted by Crippen LogP contribution is 2.19. The molecule has 0 radical (unpaired) electrons. The van der Waals surface area contributed by atoms with Crippen LogP contribution in [0, 0.1) is 11.8 Å². The van der Waals surface area contributed by atoms with Crippen LogP contribution in [-0.2, 0) is 10.0 Å². The minimum Gasteiger partial charge on any atom is -0.248 e. The summed E-state index contributed by atoms with van der Waals surface area (Å²) in [7, 11) is -3.60. The highest BCUT2D eigenvalue weighted by atomic mass is 35.5. The molecule has 0 aliphatic rings. The largest absolute Gasteiger partial charge is 0.248 e. The zero-order chi connectivity index (χ0) is 15.1. The number of hydrogen-bond donors (Lipinski definition) is 1. The molecule has 0 spiro atoms. The van der Waals surface area contributed by atoms with Crippen LogP contribution < -0.4 is 4.72 Å². The van der Waals surface area contributed by atoms with Crippen molar-refractivity contribution in [2.24, 2.45) is 0 Å². The average Bonchev–Trinajstić information content (AvgIpc) is 2.48. The molecule has 1 N–H and O–H groups in total. The first-order valence-corrected chi connectivity index (χ1v) is 8.10. The lowest BCUT2D eigenvalue weighted by atomic mass is 10.3. The smallest absolute Gasteiger partial charge is 0.242 e. The van der Waals surface area contributed by atoms with E-state index < -0.39 is 10.0 Å². The molecule has 0 amide bonds. The van der Waals surface area contributed by atoms with Crippen molar-refractivity contribution < 1.29 is 8.42 Å². The van der Waals surface area contributed by atoms with Gasteiger partial charge in [-0.05, 0) is 30.2 Å². The Labute approximate surface area is 129 Å². The van der Waals surface area contributed by atoms with Gasteiger partial charge in [0.1, 0.15) is 10.6 Å². The summed E-state index contributed by atoms with van der Waals surface area (Å²) >= 11 is 5.87. The summed E-state index contributed by atoms with van der Waals surface area (Å²) in [5.74, 6) is 5.73. The van der Waals surface area contributed by atoms with Crippen molar-refractivity contribution >= 4 is 21.6 Å².